The molecule has 0 saturated heterocycles. The largest absolute Gasteiger partial charge is 0.490 e. The van der Waals surface area contributed by atoms with Crippen molar-refractivity contribution in [3.05, 3.63) is 47.9 Å². The Morgan fingerprint density at radius 3 is 2.85 bits per heavy atom. The van der Waals surface area contributed by atoms with Crippen LogP contribution in [-0.2, 0) is 17.7 Å². The lowest BCUT2D eigenvalue weighted by Gasteiger charge is -2.14. The molecule has 2 aromatic rings. The molecule has 1 aliphatic rings. The third-order valence-corrected chi connectivity index (χ3v) is 4.10. The Kier molecular flexibility index (Phi) is 7.41. The normalized spacial score (nSPS) is 13.9. The minimum Gasteiger partial charge on any atom is -0.490 e. The first-order valence-electron chi connectivity index (χ1n) is 9.28. The molecule has 0 saturated carbocycles. The molecule has 7 nitrogen and oxygen atoms in total. The second-order valence-corrected chi connectivity index (χ2v) is 6.14. The summed E-state index contributed by atoms with van der Waals surface area (Å²) in [6, 6.07) is 9.79. The van der Waals surface area contributed by atoms with E-state index in [1.807, 2.05) is 30.3 Å². The van der Waals surface area contributed by atoms with Gasteiger partial charge in [-0.25, -0.2) is 4.99 Å². The van der Waals surface area contributed by atoms with Crippen LogP contribution in [0.1, 0.15) is 17.7 Å². The van der Waals surface area contributed by atoms with Crippen LogP contribution in [0.5, 0.6) is 11.5 Å². The highest BCUT2D eigenvalue weighted by Crippen LogP contribution is 2.33. The minimum absolute atomic E-state index is 0.496. The number of nitrogens with zero attached hydrogens (tertiary/aromatic N) is 1. The average Bonchev–Trinajstić information content (AvgIpc) is 3.08. The van der Waals surface area contributed by atoms with Gasteiger partial charge in [0.15, 0.2) is 17.5 Å². The summed E-state index contributed by atoms with van der Waals surface area (Å²) in [6.07, 6.45) is 3.36. The van der Waals surface area contributed by atoms with Crippen LogP contribution in [0, 0.1) is 0 Å². The fraction of sp³-hybridized carbons (Fsp3) is 0.450. The van der Waals surface area contributed by atoms with Gasteiger partial charge in [-0.15, -0.1) is 0 Å². The van der Waals surface area contributed by atoms with Gasteiger partial charge in [0.1, 0.15) is 5.76 Å². The molecular weight excluding hydrogens is 346 g/mol. The maximum atomic E-state index is 5.87. The van der Waals surface area contributed by atoms with Crippen molar-refractivity contribution in [1.29, 1.82) is 0 Å². The number of ether oxygens (including phenoxy) is 3. The molecule has 2 heterocycles. The van der Waals surface area contributed by atoms with E-state index in [-0.39, 0.29) is 0 Å². The molecule has 0 aliphatic carbocycles. The van der Waals surface area contributed by atoms with Gasteiger partial charge in [0, 0.05) is 38.6 Å². The molecule has 0 amide bonds. The van der Waals surface area contributed by atoms with Gasteiger partial charge in [-0.2, -0.15) is 0 Å². The van der Waals surface area contributed by atoms with Crippen LogP contribution in [0.25, 0.3) is 0 Å². The Morgan fingerprint density at radius 2 is 2.00 bits per heavy atom. The second kappa shape index (κ2) is 10.5. The lowest BCUT2D eigenvalue weighted by molar-refractivity contribution is 0.203. The zero-order chi connectivity index (χ0) is 18.7. The molecule has 0 atom stereocenters. The van der Waals surface area contributed by atoms with Crippen molar-refractivity contribution in [3.63, 3.8) is 0 Å². The van der Waals surface area contributed by atoms with Gasteiger partial charge < -0.3 is 29.3 Å². The van der Waals surface area contributed by atoms with Crippen LogP contribution in [0.2, 0.25) is 0 Å². The molecule has 3 rings (SSSR count). The van der Waals surface area contributed by atoms with Crippen molar-refractivity contribution in [3.8, 4) is 11.5 Å². The molecule has 1 aliphatic heterocycles. The van der Waals surface area contributed by atoms with Gasteiger partial charge in [0.2, 0.25) is 0 Å². The number of furan rings is 1. The summed E-state index contributed by atoms with van der Waals surface area (Å²) >= 11 is 0. The number of rotatable bonds is 8. The highest BCUT2D eigenvalue weighted by atomic mass is 16.5. The number of hydrogen-bond acceptors (Lipinski definition) is 5. The third kappa shape index (κ3) is 5.92. The highest BCUT2D eigenvalue weighted by molar-refractivity contribution is 5.79. The number of guanidine groups is 1. The predicted molar refractivity (Wildman–Crippen MR) is 103 cm³/mol. The average molecular weight is 373 g/mol. The number of hydrogen-bond donors (Lipinski definition) is 2. The standard InChI is InChI=1S/C20H27N3O4/c1-24-14-10-22-20(21-9-8-17-6-3-11-25-17)23-15-16-5-2-7-18-19(16)27-13-4-12-26-18/h2-3,5-7,11H,4,8-10,12-15H2,1H3,(H2,21,22,23). The fourth-order valence-corrected chi connectivity index (χ4v) is 2.75. The Balaban J connectivity index is 1.63. The molecular formula is C20H27N3O4. The molecule has 1 aromatic carbocycles. The molecule has 146 valence electrons. The first-order valence-corrected chi connectivity index (χ1v) is 9.28. The molecule has 1 aromatic heterocycles. The molecule has 7 heteroatoms. The first-order chi connectivity index (χ1) is 13.4. The van der Waals surface area contributed by atoms with E-state index in [1.54, 1.807) is 13.4 Å². The second-order valence-electron chi connectivity index (χ2n) is 6.14. The Morgan fingerprint density at radius 1 is 1.11 bits per heavy atom. The number of benzene rings is 1. The monoisotopic (exact) mass is 373 g/mol. The number of nitrogens with one attached hydrogen (secondary N) is 2. The minimum atomic E-state index is 0.496. The zero-order valence-corrected chi connectivity index (χ0v) is 15.7. The Labute approximate surface area is 159 Å². The van der Waals surface area contributed by atoms with Gasteiger partial charge in [0.25, 0.3) is 0 Å². The molecule has 27 heavy (non-hydrogen) atoms. The van der Waals surface area contributed by atoms with E-state index in [4.69, 9.17) is 23.6 Å². The summed E-state index contributed by atoms with van der Waals surface area (Å²) in [5.74, 6) is 3.26. The Bertz CT molecular complexity index is 716. The topological polar surface area (TPSA) is 77.2 Å². The van der Waals surface area contributed by atoms with Crippen molar-refractivity contribution in [1.82, 2.24) is 10.6 Å². The molecule has 0 unspecified atom stereocenters. The lowest BCUT2D eigenvalue weighted by atomic mass is 10.2. The molecule has 0 radical (unpaired) electrons. The molecule has 0 bridgehead atoms. The van der Waals surface area contributed by atoms with Crippen LogP contribution >= 0.6 is 0 Å². The summed E-state index contributed by atoms with van der Waals surface area (Å²) in [7, 11) is 1.68. The number of aliphatic imine (C=N–C) groups is 1. The quantitative estimate of drug-likeness (QED) is 0.420. The van der Waals surface area contributed by atoms with Gasteiger partial charge in [-0.1, -0.05) is 12.1 Å². The van der Waals surface area contributed by atoms with Gasteiger partial charge in [0.05, 0.1) is 32.6 Å². The summed E-state index contributed by atoms with van der Waals surface area (Å²) in [5.41, 5.74) is 1.01. The van der Waals surface area contributed by atoms with E-state index < -0.39 is 0 Å². The van der Waals surface area contributed by atoms with Crippen LogP contribution in [0.15, 0.2) is 46.0 Å². The van der Waals surface area contributed by atoms with Gasteiger partial charge >= 0.3 is 0 Å². The SMILES string of the molecule is COCCNC(=NCc1cccc2c1OCCCO2)NCCc1ccco1. The van der Waals surface area contributed by atoms with Gasteiger partial charge in [-0.3, -0.25) is 0 Å². The summed E-state index contributed by atoms with van der Waals surface area (Å²) < 4.78 is 22.1. The fourth-order valence-electron chi connectivity index (χ4n) is 2.75. The zero-order valence-electron chi connectivity index (χ0n) is 15.7. The van der Waals surface area contributed by atoms with Crippen molar-refractivity contribution >= 4 is 5.96 Å². The maximum absolute atomic E-state index is 5.87. The predicted octanol–water partition coefficient (Wildman–Crippen LogP) is 2.37. The summed E-state index contributed by atoms with van der Waals surface area (Å²) in [4.78, 5) is 4.70. The van der Waals surface area contributed by atoms with E-state index in [0.29, 0.717) is 32.9 Å². The third-order valence-electron chi connectivity index (χ3n) is 4.10. The van der Waals surface area contributed by atoms with E-state index in [9.17, 15) is 0 Å². The number of methoxy groups -OCH3 is 1. The van der Waals surface area contributed by atoms with E-state index >= 15 is 0 Å². The smallest absolute Gasteiger partial charge is 0.191 e. The van der Waals surface area contributed by atoms with Crippen molar-refractivity contribution in [2.75, 3.05) is 40.0 Å². The first kappa shape index (κ1) is 19.1. The molecule has 0 fully saturated rings. The van der Waals surface area contributed by atoms with Crippen molar-refractivity contribution in [2.45, 2.75) is 19.4 Å². The highest BCUT2D eigenvalue weighted by Gasteiger charge is 2.14. The summed E-state index contributed by atoms with van der Waals surface area (Å²) in [5, 5.41) is 6.61. The number of para-hydroxylation sites is 1. The van der Waals surface area contributed by atoms with Crippen LogP contribution in [0.3, 0.4) is 0 Å². The van der Waals surface area contributed by atoms with E-state index in [0.717, 1.165) is 48.2 Å². The van der Waals surface area contributed by atoms with Crippen LogP contribution < -0.4 is 20.1 Å². The van der Waals surface area contributed by atoms with Crippen LogP contribution in [0.4, 0.5) is 0 Å². The summed E-state index contributed by atoms with van der Waals surface area (Å²) in [6.45, 7) is 3.84. The van der Waals surface area contributed by atoms with Crippen molar-refractivity contribution < 1.29 is 18.6 Å². The lowest BCUT2D eigenvalue weighted by Crippen LogP contribution is -2.40. The molecule has 0 spiro atoms. The van der Waals surface area contributed by atoms with Crippen LogP contribution in [-0.4, -0.2) is 46.0 Å². The maximum Gasteiger partial charge on any atom is 0.191 e. The molecule has 2 N–H and O–H groups in total. The number of fused-ring (bicyclic) bond motifs is 1. The van der Waals surface area contributed by atoms with E-state index in [2.05, 4.69) is 10.6 Å². The van der Waals surface area contributed by atoms with E-state index in [1.165, 1.54) is 0 Å². The van der Waals surface area contributed by atoms with Crippen molar-refractivity contribution in [2.24, 2.45) is 4.99 Å². The van der Waals surface area contributed by atoms with Gasteiger partial charge in [-0.05, 0) is 18.2 Å². The Hall–Kier alpha value is -2.67.